The first kappa shape index (κ1) is 14.7. The lowest BCUT2D eigenvalue weighted by Gasteiger charge is -2.00. The Kier molecular flexibility index (Phi) is 12.6. The van der Waals surface area contributed by atoms with Gasteiger partial charge in [0.15, 0.2) is 0 Å². The molecule has 0 aliphatic heterocycles. The largest absolute Gasteiger partial charge is 0.367 e. The van der Waals surface area contributed by atoms with Gasteiger partial charge in [-0.25, -0.2) is 4.79 Å². The van der Waals surface area contributed by atoms with Crippen molar-refractivity contribution in [1.82, 2.24) is 5.48 Å². The van der Waals surface area contributed by atoms with Gasteiger partial charge in [0.1, 0.15) is 0 Å². The standard InChI is InChI=1S/C6H11NO2.C4H10/c1-4-7-9-6(8)5(2)3;1-3-4-2/h7H,2,4H2,1,3H3;3-4H2,1-2H3. The molecule has 3 heteroatoms. The van der Waals surface area contributed by atoms with Crippen LogP contribution in [0.1, 0.15) is 40.5 Å². The third-order valence-corrected chi connectivity index (χ3v) is 1.16. The molecule has 0 unspecified atom stereocenters. The first-order chi connectivity index (χ1) is 6.09. The average Bonchev–Trinajstić information content (AvgIpc) is 2.14. The topological polar surface area (TPSA) is 38.3 Å². The number of nitrogens with one attached hydrogen (secondary N) is 1. The summed E-state index contributed by atoms with van der Waals surface area (Å²) in [5.41, 5.74) is 2.82. The molecule has 0 saturated carbocycles. The number of hydroxylamine groups is 1. The van der Waals surface area contributed by atoms with Gasteiger partial charge in [-0.1, -0.05) is 33.3 Å². The van der Waals surface area contributed by atoms with Gasteiger partial charge < -0.3 is 4.84 Å². The van der Waals surface area contributed by atoms with Gasteiger partial charge in [-0.2, -0.15) is 5.48 Å². The molecule has 0 heterocycles. The molecule has 1 N–H and O–H groups in total. The molecular weight excluding hydrogens is 166 g/mol. The van der Waals surface area contributed by atoms with Crippen molar-refractivity contribution in [2.24, 2.45) is 0 Å². The Bertz CT molecular complexity index is 142. The van der Waals surface area contributed by atoms with E-state index in [0.29, 0.717) is 12.1 Å². The van der Waals surface area contributed by atoms with Crippen molar-refractivity contribution >= 4 is 5.97 Å². The summed E-state index contributed by atoms with van der Waals surface area (Å²) in [6.07, 6.45) is 2.64. The highest BCUT2D eigenvalue weighted by atomic mass is 16.7. The molecule has 0 atom stereocenters. The molecule has 0 aliphatic rings. The van der Waals surface area contributed by atoms with E-state index in [1.165, 1.54) is 12.8 Å². The van der Waals surface area contributed by atoms with Gasteiger partial charge in [0.2, 0.25) is 0 Å². The monoisotopic (exact) mass is 187 g/mol. The fourth-order valence-corrected chi connectivity index (χ4v) is 0.225. The van der Waals surface area contributed by atoms with Crippen LogP contribution in [0.25, 0.3) is 0 Å². The third kappa shape index (κ3) is 14.1. The summed E-state index contributed by atoms with van der Waals surface area (Å²) in [7, 11) is 0. The maximum Gasteiger partial charge on any atom is 0.351 e. The van der Waals surface area contributed by atoms with Crippen molar-refractivity contribution < 1.29 is 9.63 Å². The Morgan fingerprint density at radius 3 is 2.00 bits per heavy atom. The van der Waals surface area contributed by atoms with E-state index < -0.39 is 5.97 Å². The normalized spacial score (nSPS) is 8.31. The summed E-state index contributed by atoms with van der Waals surface area (Å²) >= 11 is 0. The van der Waals surface area contributed by atoms with Gasteiger partial charge in [-0.15, -0.1) is 0 Å². The van der Waals surface area contributed by atoms with Crippen molar-refractivity contribution in [2.75, 3.05) is 6.54 Å². The van der Waals surface area contributed by atoms with E-state index >= 15 is 0 Å². The number of rotatable bonds is 4. The SMILES string of the molecule is C=C(C)C(=O)ONCC.CCCC. The van der Waals surface area contributed by atoms with Crippen LogP contribution in [0, 0.1) is 0 Å². The van der Waals surface area contributed by atoms with Crippen LogP contribution in [0.2, 0.25) is 0 Å². The molecule has 13 heavy (non-hydrogen) atoms. The predicted molar refractivity (Wildman–Crippen MR) is 55.2 cm³/mol. The van der Waals surface area contributed by atoms with Gasteiger partial charge in [-0.05, 0) is 13.8 Å². The maximum absolute atomic E-state index is 10.5. The van der Waals surface area contributed by atoms with E-state index in [1.54, 1.807) is 6.92 Å². The van der Waals surface area contributed by atoms with Crippen LogP contribution < -0.4 is 5.48 Å². The zero-order chi connectivity index (χ0) is 10.7. The molecule has 0 rings (SSSR count). The van der Waals surface area contributed by atoms with Crippen molar-refractivity contribution in [3.8, 4) is 0 Å². The first-order valence-corrected chi connectivity index (χ1v) is 4.69. The molecule has 0 amide bonds. The lowest BCUT2D eigenvalue weighted by atomic mass is 10.4. The van der Waals surface area contributed by atoms with Crippen molar-refractivity contribution in [1.29, 1.82) is 0 Å². The highest BCUT2D eigenvalue weighted by Crippen LogP contribution is 1.87. The zero-order valence-corrected chi connectivity index (χ0v) is 9.14. The van der Waals surface area contributed by atoms with E-state index in [1.807, 2.05) is 6.92 Å². The summed E-state index contributed by atoms with van der Waals surface area (Å²) in [5.74, 6) is -0.406. The molecule has 3 nitrogen and oxygen atoms in total. The Hall–Kier alpha value is -0.830. The summed E-state index contributed by atoms with van der Waals surface area (Å²) < 4.78 is 0. The molecule has 0 saturated heterocycles. The summed E-state index contributed by atoms with van der Waals surface area (Å²) in [6.45, 7) is 11.8. The quantitative estimate of drug-likeness (QED) is 0.542. The van der Waals surface area contributed by atoms with Crippen LogP contribution in [0.15, 0.2) is 12.2 Å². The van der Waals surface area contributed by atoms with Crippen LogP contribution in [0.5, 0.6) is 0 Å². The summed E-state index contributed by atoms with van der Waals surface area (Å²) in [6, 6.07) is 0. The number of hydrogen-bond acceptors (Lipinski definition) is 3. The minimum atomic E-state index is -0.406. The van der Waals surface area contributed by atoms with Crippen LogP contribution in [0.4, 0.5) is 0 Å². The lowest BCUT2D eigenvalue weighted by molar-refractivity contribution is -0.145. The van der Waals surface area contributed by atoms with Gasteiger partial charge in [0, 0.05) is 12.1 Å². The van der Waals surface area contributed by atoms with E-state index in [2.05, 4.69) is 30.7 Å². The molecule has 0 fully saturated rings. The Morgan fingerprint density at radius 2 is 1.77 bits per heavy atom. The molecule has 0 aromatic rings. The molecular formula is C10H21NO2. The fraction of sp³-hybridized carbons (Fsp3) is 0.700. The van der Waals surface area contributed by atoms with Crippen LogP contribution in [-0.2, 0) is 9.63 Å². The number of hydrogen-bond donors (Lipinski definition) is 1. The van der Waals surface area contributed by atoms with E-state index in [0.717, 1.165) is 0 Å². The van der Waals surface area contributed by atoms with Gasteiger partial charge in [-0.3, -0.25) is 0 Å². The van der Waals surface area contributed by atoms with Crippen molar-refractivity contribution in [3.05, 3.63) is 12.2 Å². The molecule has 0 aromatic carbocycles. The molecule has 0 bridgehead atoms. The minimum Gasteiger partial charge on any atom is -0.367 e. The van der Waals surface area contributed by atoms with Gasteiger partial charge in [0.25, 0.3) is 0 Å². The highest BCUT2D eigenvalue weighted by Gasteiger charge is 1.99. The predicted octanol–water partition coefficient (Wildman–Crippen LogP) is 2.44. The lowest BCUT2D eigenvalue weighted by Crippen LogP contribution is -2.19. The highest BCUT2D eigenvalue weighted by molar-refractivity contribution is 5.86. The Morgan fingerprint density at radius 1 is 1.31 bits per heavy atom. The molecule has 0 radical (unpaired) electrons. The smallest absolute Gasteiger partial charge is 0.351 e. The first-order valence-electron chi connectivity index (χ1n) is 4.69. The molecule has 0 aromatic heterocycles. The second-order valence-electron chi connectivity index (χ2n) is 2.67. The van der Waals surface area contributed by atoms with Gasteiger partial charge >= 0.3 is 5.97 Å². The summed E-state index contributed by atoms with van der Waals surface area (Å²) in [5, 5.41) is 0. The minimum absolute atomic E-state index is 0.399. The number of carbonyl (C=O) groups is 1. The second-order valence-corrected chi connectivity index (χ2v) is 2.67. The third-order valence-electron chi connectivity index (χ3n) is 1.16. The fourth-order valence-electron chi connectivity index (χ4n) is 0.225. The zero-order valence-electron chi connectivity index (χ0n) is 9.14. The van der Waals surface area contributed by atoms with E-state index in [4.69, 9.17) is 0 Å². The maximum atomic E-state index is 10.5. The summed E-state index contributed by atoms with van der Waals surface area (Å²) in [4.78, 5) is 15.0. The second kappa shape index (κ2) is 11.2. The Labute approximate surface area is 81.1 Å². The van der Waals surface area contributed by atoms with E-state index in [-0.39, 0.29) is 0 Å². The number of carbonyl (C=O) groups excluding carboxylic acids is 1. The number of unbranched alkanes of at least 4 members (excludes halogenated alkanes) is 1. The van der Waals surface area contributed by atoms with Gasteiger partial charge in [0.05, 0.1) is 0 Å². The Balaban J connectivity index is 0. The molecule has 78 valence electrons. The van der Waals surface area contributed by atoms with E-state index in [9.17, 15) is 4.79 Å². The van der Waals surface area contributed by atoms with Crippen LogP contribution >= 0.6 is 0 Å². The molecule has 0 aliphatic carbocycles. The van der Waals surface area contributed by atoms with Crippen LogP contribution in [0.3, 0.4) is 0 Å². The van der Waals surface area contributed by atoms with Crippen LogP contribution in [-0.4, -0.2) is 12.5 Å². The molecule has 0 spiro atoms. The van der Waals surface area contributed by atoms with Crippen molar-refractivity contribution in [2.45, 2.75) is 40.5 Å². The average molecular weight is 187 g/mol. The van der Waals surface area contributed by atoms with Crippen molar-refractivity contribution in [3.63, 3.8) is 0 Å².